The van der Waals surface area contributed by atoms with Crippen LogP contribution >= 0.6 is 0 Å². The molecule has 3 aromatic rings. The van der Waals surface area contributed by atoms with E-state index in [0.717, 1.165) is 48.4 Å². The summed E-state index contributed by atoms with van der Waals surface area (Å²) in [7, 11) is 0. The SMILES string of the molecule is CC(C)NC(=O)c1ccc2c(ccn2-c2ccc(OC3CCNCC3)cn2)c1. The zero-order valence-electron chi connectivity index (χ0n) is 16.3. The lowest BCUT2D eigenvalue weighted by Gasteiger charge is -2.23. The first-order chi connectivity index (χ1) is 13.6. The van der Waals surface area contributed by atoms with Crippen LogP contribution in [-0.4, -0.2) is 40.7 Å². The van der Waals surface area contributed by atoms with Gasteiger partial charge in [0.05, 0.1) is 11.7 Å². The molecule has 1 aliphatic heterocycles. The molecule has 1 aromatic carbocycles. The van der Waals surface area contributed by atoms with Crippen molar-refractivity contribution in [1.29, 1.82) is 0 Å². The van der Waals surface area contributed by atoms with Crippen LogP contribution < -0.4 is 15.4 Å². The van der Waals surface area contributed by atoms with E-state index in [0.29, 0.717) is 5.56 Å². The van der Waals surface area contributed by atoms with Gasteiger partial charge in [0.2, 0.25) is 0 Å². The molecule has 0 aliphatic carbocycles. The first kappa shape index (κ1) is 18.5. The van der Waals surface area contributed by atoms with Gasteiger partial charge in [-0.2, -0.15) is 0 Å². The highest BCUT2D eigenvalue weighted by molar-refractivity contribution is 5.98. The standard InChI is InChI=1S/C22H26N4O2/c1-15(2)25-22(27)17-3-5-20-16(13-17)9-12-26(20)21-6-4-19(14-24-21)28-18-7-10-23-11-8-18/h3-6,9,12-15,18,23H,7-8,10-11H2,1-2H3,(H,25,27). The molecule has 146 valence electrons. The number of carbonyl (C=O) groups excluding carboxylic acids is 1. The van der Waals surface area contributed by atoms with Crippen molar-refractivity contribution in [2.24, 2.45) is 0 Å². The topological polar surface area (TPSA) is 68.2 Å². The number of hydrogen-bond acceptors (Lipinski definition) is 4. The molecule has 1 amide bonds. The fourth-order valence-electron chi connectivity index (χ4n) is 3.52. The Morgan fingerprint density at radius 3 is 2.75 bits per heavy atom. The summed E-state index contributed by atoms with van der Waals surface area (Å²) in [5.74, 6) is 1.58. The van der Waals surface area contributed by atoms with Crippen molar-refractivity contribution >= 4 is 16.8 Å². The number of rotatable bonds is 5. The number of pyridine rings is 1. The van der Waals surface area contributed by atoms with E-state index in [9.17, 15) is 4.79 Å². The minimum atomic E-state index is -0.0535. The van der Waals surface area contributed by atoms with E-state index in [1.54, 1.807) is 6.20 Å². The molecule has 1 fully saturated rings. The zero-order valence-corrected chi connectivity index (χ0v) is 16.3. The number of benzene rings is 1. The molecule has 0 spiro atoms. The van der Waals surface area contributed by atoms with Crippen LogP contribution in [0, 0.1) is 0 Å². The fraction of sp³-hybridized carbons (Fsp3) is 0.364. The van der Waals surface area contributed by atoms with Gasteiger partial charge >= 0.3 is 0 Å². The van der Waals surface area contributed by atoms with Crippen LogP contribution in [0.5, 0.6) is 5.75 Å². The van der Waals surface area contributed by atoms with Gasteiger partial charge in [0.1, 0.15) is 17.7 Å². The average molecular weight is 378 g/mol. The first-order valence-electron chi connectivity index (χ1n) is 9.86. The molecule has 4 rings (SSSR count). The summed E-state index contributed by atoms with van der Waals surface area (Å²) < 4.78 is 8.05. The highest BCUT2D eigenvalue weighted by atomic mass is 16.5. The van der Waals surface area contributed by atoms with Crippen LogP contribution in [0.25, 0.3) is 16.7 Å². The van der Waals surface area contributed by atoms with E-state index in [-0.39, 0.29) is 18.1 Å². The summed E-state index contributed by atoms with van der Waals surface area (Å²) in [6, 6.07) is 11.8. The molecule has 1 saturated heterocycles. The zero-order chi connectivity index (χ0) is 19.5. The molecule has 0 saturated carbocycles. The van der Waals surface area contributed by atoms with Crippen LogP contribution in [0.2, 0.25) is 0 Å². The number of amides is 1. The molecule has 2 N–H and O–H groups in total. The van der Waals surface area contributed by atoms with Gasteiger partial charge in [0.15, 0.2) is 0 Å². The maximum atomic E-state index is 12.2. The van der Waals surface area contributed by atoms with Gasteiger partial charge in [-0.05, 0) is 76.2 Å². The molecule has 28 heavy (non-hydrogen) atoms. The van der Waals surface area contributed by atoms with E-state index < -0.39 is 0 Å². The number of fused-ring (bicyclic) bond motifs is 1. The highest BCUT2D eigenvalue weighted by Gasteiger charge is 2.15. The highest BCUT2D eigenvalue weighted by Crippen LogP contribution is 2.23. The van der Waals surface area contributed by atoms with Crippen LogP contribution in [-0.2, 0) is 0 Å². The van der Waals surface area contributed by atoms with Crippen LogP contribution in [0.15, 0.2) is 48.8 Å². The maximum Gasteiger partial charge on any atom is 0.251 e. The van der Waals surface area contributed by atoms with Gasteiger partial charge in [-0.15, -0.1) is 0 Å². The molecule has 1 aliphatic rings. The Morgan fingerprint density at radius 1 is 1.21 bits per heavy atom. The van der Waals surface area contributed by atoms with E-state index in [1.807, 2.05) is 61.0 Å². The van der Waals surface area contributed by atoms with Crippen molar-refractivity contribution in [3.63, 3.8) is 0 Å². The second-order valence-corrected chi connectivity index (χ2v) is 7.51. The average Bonchev–Trinajstić information content (AvgIpc) is 3.12. The lowest BCUT2D eigenvalue weighted by molar-refractivity contribution is 0.0943. The van der Waals surface area contributed by atoms with E-state index >= 15 is 0 Å². The summed E-state index contributed by atoms with van der Waals surface area (Å²) in [5, 5.41) is 7.27. The van der Waals surface area contributed by atoms with Crippen LogP contribution in [0.4, 0.5) is 0 Å². The second-order valence-electron chi connectivity index (χ2n) is 7.51. The predicted molar refractivity (Wildman–Crippen MR) is 110 cm³/mol. The summed E-state index contributed by atoms with van der Waals surface area (Å²) >= 11 is 0. The molecule has 3 heterocycles. The fourth-order valence-corrected chi connectivity index (χ4v) is 3.52. The Balaban J connectivity index is 1.53. The lowest BCUT2D eigenvalue weighted by Crippen LogP contribution is -2.34. The van der Waals surface area contributed by atoms with Crippen molar-refractivity contribution in [3.8, 4) is 11.6 Å². The van der Waals surface area contributed by atoms with Gasteiger partial charge in [-0.1, -0.05) is 0 Å². The Morgan fingerprint density at radius 2 is 2.04 bits per heavy atom. The minimum absolute atomic E-state index is 0.0535. The number of nitrogens with one attached hydrogen (secondary N) is 2. The first-order valence-corrected chi connectivity index (χ1v) is 9.86. The Kier molecular flexibility index (Phi) is 5.30. The molecular weight excluding hydrogens is 352 g/mol. The van der Waals surface area contributed by atoms with Crippen molar-refractivity contribution in [1.82, 2.24) is 20.2 Å². The van der Waals surface area contributed by atoms with E-state index in [2.05, 4.69) is 15.6 Å². The summed E-state index contributed by atoms with van der Waals surface area (Å²) in [6.45, 7) is 5.92. The Labute approximate surface area is 164 Å². The van der Waals surface area contributed by atoms with Gasteiger partial charge in [-0.25, -0.2) is 4.98 Å². The smallest absolute Gasteiger partial charge is 0.251 e. The summed E-state index contributed by atoms with van der Waals surface area (Å²) in [5.41, 5.74) is 1.68. The maximum absolute atomic E-state index is 12.2. The third kappa shape index (κ3) is 4.02. The van der Waals surface area contributed by atoms with Crippen LogP contribution in [0.1, 0.15) is 37.0 Å². The van der Waals surface area contributed by atoms with E-state index in [1.165, 1.54) is 0 Å². The van der Waals surface area contributed by atoms with Gasteiger partial charge < -0.3 is 19.9 Å². The number of hydrogen-bond donors (Lipinski definition) is 2. The largest absolute Gasteiger partial charge is 0.489 e. The molecule has 2 aromatic heterocycles. The van der Waals surface area contributed by atoms with Gasteiger partial charge in [0.25, 0.3) is 5.91 Å². The second kappa shape index (κ2) is 8.02. The van der Waals surface area contributed by atoms with E-state index in [4.69, 9.17) is 4.74 Å². The van der Waals surface area contributed by atoms with Gasteiger partial charge in [-0.3, -0.25) is 4.79 Å². The quantitative estimate of drug-likeness (QED) is 0.715. The van der Waals surface area contributed by atoms with Gasteiger partial charge in [0, 0.05) is 23.2 Å². The predicted octanol–water partition coefficient (Wildman–Crippen LogP) is 3.29. The van der Waals surface area contributed by atoms with Crippen LogP contribution in [0.3, 0.4) is 0 Å². The molecule has 6 nitrogen and oxygen atoms in total. The molecule has 0 radical (unpaired) electrons. The third-order valence-corrected chi connectivity index (χ3v) is 4.93. The Hall–Kier alpha value is -2.86. The minimum Gasteiger partial charge on any atom is -0.489 e. The summed E-state index contributed by atoms with van der Waals surface area (Å²) in [6.07, 6.45) is 6.07. The monoisotopic (exact) mass is 378 g/mol. The van der Waals surface area contributed by atoms with Crippen molar-refractivity contribution in [2.75, 3.05) is 13.1 Å². The van der Waals surface area contributed by atoms with Crippen molar-refractivity contribution in [3.05, 3.63) is 54.4 Å². The number of ether oxygens (including phenoxy) is 1. The molecule has 0 bridgehead atoms. The number of carbonyl (C=O) groups is 1. The number of aromatic nitrogens is 2. The normalized spacial score (nSPS) is 15.1. The molecule has 0 unspecified atom stereocenters. The van der Waals surface area contributed by atoms with Crippen molar-refractivity contribution in [2.45, 2.75) is 38.8 Å². The summed E-state index contributed by atoms with van der Waals surface area (Å²) in [4.78, 5) is 16.8. The van der Waals surface area contributed by atoms with Crippen molar-refractivity contribution < 1.29 is 9.53 Å². The molecular formula is C22H26N4O2. The third-order valence-electron chi connectivity index (χ3n) is 4.93. The lowest BCUT2D eigenvalue weighted by atomic mass is 10.1. The Bertz CT molecular complexity index is 956. The molecule has 6 heteroatoms. The number of piperidine rings is 1. The molecule has 0 atom stereocenters. The number of nitrogens with zero attached hydrogens (tertiary/aromatic N) is 2.